The molecule has 21 heavy (non-hydrogen) atoms. The van der Waals surface area contributed by atoms with Crippen LogP contribution in [0.15, 0.2) is 41.2 Å². The van der Waals surface area contributed by atoms with E-state index < -0.39 is 29.2 Å². The maximum atomic E-state index is 12.6. The molecule has 0 aliphatic heterocycles. The molecule has 0 aliphatic carbocycles. The van der Waals surface area contributed by atoms with Gasteiger partial charge in [-0.15, -0.1) is 0 Å². The molecule has 112 valence electrons. The highest BCUT2D eigenvalue weighted by molar-refractivity contribution is 5.63. The minimum absolute atomic E-state index is 0.111. The minimum atomic E-state index is -4.73. The first-order valence-corrected chi connectivity index (χ1v) is 5.57. The van der Waals surface area contributed by atoms with Crippen molar-refractivity contribution in [2.75, 3.05) is 0 Å². The summed E-state index contributed by atoms with van der Waals surface area (Å²) in [5.41, 5.74) is -3.74. The molecule has 0 radical (unpaired) electrons. The van der Waals surface area contributed by atoms with Crippen LogP contribution < -0.4 is 5.56 Å². The van der Waals surface area contributed by atoms with Crippen molar-refractivity contribution in [3.8, 4) is 11.1 Å². The van der Waals surface area contributed by atoms with E-state index in [1.54, 1.807) is 4.98 Å². The minimum Gasteiger partial charge on any atom is -0.318 e. The first kappa shape index (κ1) is 15.1. The second-order valence-corrected chi connectivity index (χ2v) is 4.19. The van der Waals surface area contributed by atoms with Gasteiger partial charge < -0.3 is 4.98 Å². The Kier molecular flexibility index (Phi) is 3.56. The van der Waals surface area contributed by atoms with Gasteiger partial charge in [0.25, 0.3) is 5.56 Å². The summed E-state index contributed by atoms with van der Waals surface area (Å²) in [5, 5.41) is 0. The summed E-state index contributed by atoms with van der Waals surface area (Å²) in [6.07, 6.45) is -9.33. The van der Waals surface area contributed by atoms with Gasteiger partial charge in [0, 0.05) is 5.56 Å². The van der Waals surface area contributed by atoms with Crippen LogP contribution in [-0.2, 0) is 12.4 Å². The SMILES string of the molecule is O=c1[nH]c(C(F)(F)F)ccc1-c1cccc(C(F)(F)F)c1. The van der Waals surface area contributed by atoms with Gasteiger partial charge >= 0.3 is 12.4 Å². The number of hydrogen-bond donors (Lipinski definition) is 1. The summed E-state index contributed by atoms with van der Waals surface area (Å²) in [6, 6.07) is 5.26. The molecular formula is C13H7F6NO. The van der Waals surface area contributed by atoms with Crippen LogP contribution in [0.1, 0.15) is 11.3 Å². The molecule has 0 bridgehead atoms. The van der Waals surface area contributed by atoms with Gasteiger partial charge in [-0.1, -0.05) is 12.1 Å². The van der Waals surface area contributed by atoms with Gasteiger partial charge in [-0.3, -0.25) is 4.79 Å². The number of alkyl halides is 6. The Labute approximate surface area is 114 Å². The van der Waals surface area contributed by atoms with Gasteiger partial charge in [-0.2, -0.15) is 26.3 Å². The van der Waals surface area contributed by atoms with E-state index >= 15 is 0 Å². The van der Waals surface area contributed by atoms with Crippen LogP contribution in [0.25, 0.3) is 11.1 Å². The van der Waals surface area contributed by atoms with Gasteiger partial charge in [0.15, 0.2) is 0 Å². The molecule has 0 spiro atoms. The molecule has 0 saturated carbocycles. The standard InChI is InChI=1S/C13H7F6NO/c14-12(15,16)8-3-1-2-7(6-8)9-4-5-10(13(17,18)19)20-11(9)21/h1-6H,(H,20,21). The van der Waals surface area contributed by atoms with E-state index in [4.69, 9.17) is 0 Å². The van der Waals surface area contributed by atoms with Crippen molar-refractivity contribution < 1.29 is 26.3 Å². The molecule has 0 atom stereocenters. The molecule has 0 fully saturated rings. The lowest BCUT2D eigenvalue weighted by atomic mass is 10.0. The molecule has 8 heteroatoms. The molecular weight excluding hydrogens is 300 g/mol. The van der Waals surface area contributed by atoms with Crippen LogP contribution in [0.4, 0.5) is 26.3 Å². The second-order valence-electron chi connectivity index (χ2n) is 4.19. The van der Waals surface area contributed by atoms with Crippen molar-refractivity contribution in [2.45, 2.75) is 12.4 Å². The largest absolute Gasteiger partial charge is 0.431 e. The average Bonchev–Trinajstić information content (AvgIpc) is 2.36. The first-order chi connectivity index (χ1) is 9.59. The summed E-state index contributed by atoms with van der Waals surface area (Å²) >= 11 is 0. The maximum absolute atomic E-state index is 12.6. The van der Waals surface area contributed by atoms with Gasteiger partial charge in [0.2, 0.25) is 0 Å². The van der Waals surface area contributed by atoms with Crippen molar-refractivity contribution in [3.63, 3.8) is 0 Å². The quantitative estimate of drug-likeness (QED) is 0.791. The number of rotatable bonds is 1. The fraction of sp³-hybridized carbons (Fsp3) is 0.154. The molecule has 2 rings (SSSR count). The molecule has 0 unspecified atom stereocenters. The number of aromatic nitrogens is 1. The molecule has 2 nitrogen and oxygen atoms in total. The monoisotopic (exact) mass is 307 g/mol. The molecule has 0 amide bonds. The maximum Gasteiger partial charge on any atom is 0.431 e. The number of hydrogen-bond acceptors (Lipinski definition) is 1. The first-order valence-electron chi connectivity index (χ1n) is 5.57. The molecule has 1 aromatic heterocycles. The zero-order valence-corrected chi connectivity index (χ0v) is 10.1. The smallest absolute Gasteiger partial charge is 0.318 e. The molecule has 0 aliphatic rings. The van der Waals surface area contributed by atoms with Crippen molar-refractivity contribution >= 4 is 0 Å². The van der Waals surface area contributed by atoms with Crippen molar-refractivity contribution in [2.24, 2.45) is 0 Å². The second kappa shape index (κ2) is 4.94. The zero-order valence-electron chi connectivity index (χ0n) is 10.1. The van der Waals surface area contributed by atoms with E-state index in [9.17, 15) is 31.1 Å². The normalized spacial score (nSPS) is 12.5. The van der Waals surface area contributed by atoms with Crippen LogP contribution >= 0.6 is 0 Å². The third-order valence-electron chi connectivity index (χ3n) is 2.72. The third-order valence-corrected chi connectivity index (χ3v) is 2.72. The number of benzene rings is 1. The van der Waals surface area contributed by atoms with Crippen LogP contribution in [0.3, 0.4) is 0 Å². The highest BCUT2D eigenvalue weighted by Gasteiger charge is 2.32. The molecule has 2 aromatic rings. The Bertz CT molecular complexity index is 714. The Balaban J connectivity index is 2.51. The summed E-state index contributed by atoms with van der Waals surface area (Å²) in [4.78, 5) is 13.2. The summed E-state index contributed by atoms with van der Waals surface area (Å²) in [6.45, 7) is 0. The average molecular weight is 307 g/mol. The number of pyridine rings is 1. The van der Waals surface area contributed by atoms with E-state index in [0.29, 0.717) is 12.1 Å². The fourth-order valence-electron chi connectivity index (χ4n) is 1.73. The van der Waals surface area contributed by atoms with Gasteiger partial charge in [0.1, 0.15) is 5.69 Å². The van der Waals surface area contributed by atoms with Crippen LogP contribution in [0.2, 0.25) is 0 Å². The lowest BCUT2D eigenvalue weighted by molar-refractivity contribution is -0.141. The highest BCUT2D eigenvalue weighted by Crippen LogP contribution is 2.32. The van der Waals surface area contributed by atoms with Gasteiger partial charge in [-0.05, 0) is 29.8 Å². The van der Waals surface area contributed by atoms with Crippen LogP contribution in [-0.4, -0.2) is 4.98 Å². The predicted molar refractivity (Wildman–Crippen MR) is 62.5 cm³/mol. The summed E-state index contributed by atoms with van der Waals surface area (Å²) in [7, 11) is 0. The van der Waals surface area contributed by atoms with Crippen molar-refractivity contribution in [1.82, 2.24) is 4.98 Å². The van der Waals surface area contributed by atoms with Gasteiger partial charge in [-0.25, -0.2) is 0 Å². The third kappa shape index (κ3) is 3.26. The van der Waals surface area contributed by atoms with Crippen LogP contribution in [0.5, 0.6) is 0 Å². The number of nitrogens with one attached hydrogen (secondary N) is 1. The molecule has 0 saturated heterocycles. The zero-order chi connectivity index (χ0) is 15.8. The lowest BCUT2D eigenvalue weighted by Gasteiger charge is -2.10. The topological polar surface area (TPSA) is 32.9 Å². The number of H-pyrrole nitrogens is 1. The fourth-order valence-corrected chi connectivity index (χ4v) is 1.73. The Morgan fingerprint density at radius 3 is 2.05 bits per heavy atom. The van der Waals surface area contributed by atoms with Gasteiger partial charge in [0.05, 0.1) is 5.56 Å². The van der Waals surface area contributed by atoms with E-state index in [-0.39, 0.29) is 11.1 Å². The van der Waals surface area contributed by atoms with Crippen LogP contribution in [0, 0.1) is 0 Å². The Morgan fingerprint density at radius 2 is 1.52 bits per heavy atom. The Morgan fingerprint density at radius 1 is 0.857 bits per heavy atom. The molecule has 1 aromatic carbocycles. The predicted octanol–water partition coefficient (Wildman–Crippen LogP) is 4.08. The number of aromatic amines is 1. The van der Waals surface area contributed by atoms with E-state index in [1.807, 2.05) is 0 Å². The lowest BCUT2D eigenvalue weighted by Crippen LogP contribution is -2.17. The van der Waals surface area contributed by atoms with Crippen molar-refractivity contribution in [3.05, 3.63) is 58.0 Å². The van der Waals surface area contributed by atoms with Crippen molar-refractivity contribution in [1.29, 1.82) is 0 Å². The van der Waals surface area contributed by atoms with E-state index in [0.717, 1.165) is 18.2 Å². The number of halogens is 6. The summed E-state index contributed by atoms with van der Waals surface area (Å²) in [5.74, 6) is 0. The summed E-state index contributed by atoms with van der Waals surface area (Å²) < 4.78 is 74.9. The Hall–Kier alpha value is -2.25. The van der Waals surface area contributed by atoms with E-state index in [2.05, 4.69) is 0 Å². The molecule has 1 heterocycles. The highest BCUT2D eigenvalue weighted by atomic mass is 19.4. The van der Waals surface area contributed by atoms with E-state index in [1.165, 1.54) is 6.07 Å². The molecule has 1 N–H and O–H groups in total.